The summed E-state index contributed by atoms with van der Waals surface area (Å²) in [5.74, 6) is -0.0410. The van der Waals surface area contributed by atoms with E-state index in [0.717, 1.165) is 11.3 Å². The Labute approximate surface area is 243 Å². The lowest BCUT2D eigenvalue weighted by Crippen LogP contribution is -2.35. The van der Waals surface area contributed by atoms with Gasteiger partial charge in [0.15, 0.2) is 12.2 Å². The molecule has 2 heterocycles. The number of ether oxygens (including phenoxy) is 7. The van der Waals surface area contributed by atoms with Crippen LogP contribution in [-0.2, 0) is 23.7 Å². The minimum atomic E-state index is -0.668. The second kappa shape index (κ2) is 13.8. The molecule has 0 N–H and O–H groups in total. The molecule has 0 aliphatic carbocycles. The maximum absolute atomic E-state index is 12.8. The van der Waals surface area contributed by atoms with Gasteiger partial charge in [0.1, 0.15) is 29.5 Å². The molecule has 0 aromatic heterocycles. The van der Waals surface area contributed by atoms with Gasteiger partial charge in [0.25, 0.3) is 0 Å². The van der Waals surface area contributed by atoms with E-state index in [0.29, 0.717) is 11.3 Å². The van der Waals surface area contributed by atoms with Crippen molar-refractivity contribution in [1.29, 1.82) is 0 Å². The van der Waals surface area contributed by atoms with E-state index in [1.807, 2.05) is 12.1 Å². The van der Waals surface area contributed by atoms with Crippen LogP contribution in [-0.4, -0.2) is 69.8 Å². The Morgan fingerprint density at radius 3 is 1.69 bits per heavy atom. The van der Waals surface area contributed by atoms with Crippen molar-refractivity contribution < 1.29 is 47.5 Å². The van der Waals surface area contributed by atoms with Crippen LogP contribution in [0.2, 0.25) is 0 Å². The molecule has 0 bridgehead atoms. The van der Waals surface area contributed by atoms with E-state index in [9.17, 15) is 14.4 Å². The van der Waals surface area contributed by atoms with Crippen LogP contribution in [0.5, 0.6) is 17.2 Å². The van der Waals surface area contributed by atoms with Gasteiger partial charge in [0.05, 0.1) is 38.6 Å². The molecular weight excluding hydrogens is 544 g/mol. The zero-order chi connectivity index (χ0) is 28.8. The predicted molar refractivity (Wildman–Crippen MR) is 152 cm³/mol. The van der Waals surface area contributed by atoms with Crippen LogP contribution < -0.4 is 14.2 Å². The van der Waals surface area contributed by atoms with E-state index in [2.05, 4.69) is 0 Å². The Morgan fingerprint density at radius 1 is 0.667 bits per heavy atom. The SMILES string of the molecule is C.COc1ccc(/C=C/C(=O)O[C@H]2COC3C2OC[C@H]3OC(=O)c2ccc(OC(=O)c3ccc(OC)cc3)cc2)cc1. The number of rotatable bonds is 9. The quantitative estimate of drug-likeness (QED) is 0.205. The molecule has 0 radical (unpaired) electrons. The molecular formula is C32H32O10. The standard InChI is InChI=1S/C31H28O10.CH4/c1-35-22-10-3-19(4-11-22)5-16-27(32)40-25-17-37-29-26(18-38-28(25)29)41-31(34)21-8-14-24(15-9-21)39-30(33)20-6-12-23(36-2)13-7-20;/h3-16,25-26,28-29H,17-18H2,1-2H3;1H4/b16-5+;/t25-,26+,28?,29?;/m0./s1. The molecule has 42 heavy (non-hydrogen) atoms. The van der Waals surface area contributed by atoms with Crippen molar-refractivity contribution in [3.05, 3.63) is 95.6 Å². The molecule has 2 aliphatic heterocycles. The molecule has 2 saturated heterocycles. The van der Waals surface area contributed by atoms with Crippen molar-refractivity contribution in [1.82, 2.24) is 0 Å². The first-order valence-electron chi connectivity index (χ1n) is 12.9. The van der Waals surface area contributed by atoms with E-state index in [1.165, 1.54) is 37.5 Å². The van der Waals surface area contributed by atoms with Crippen LogP contribution in [0, 0.1) is 0 Å². The van der Waals surface area contributed by atoms with Crippen molar-refractivity contribution in [2.45, 2.75) is 31.8 Å². The van der Waals surface area contributed by atoms with E-state index >= 15 is 0 Å². The second-order valence-electron chi connectivity index (χ2n) is 9.26. The highest BCUT2D eigenvalue weighted by molar-refractivity contribution is 5.92. The maximum Gasteiger partial charge on any atom is 0.343 e. The van der Waals surface area contributed by atoms with E-state index in [4.69, 9.17) is 33.2 Å². The lowest BCUT2D eigenvalue weighted by Gasteiger charge is -2.17. The predicted octanol–water partition coefficient (Wildman–Crippen LogP) is 4.51. The fraction of sp³-hybridized carbons (Fsp3) is 0.281. The number of benzene rings is 3. The van der Waals surface area contributed by atoms with Gasteiger partial charge >= 0.3 is 17.9 Å². The van der Waals surface area contributed by atoms with Gasteiger partial charge in [-0.05, 0) is 72.3 Å². The summed E-state index contributed by atoms with van der Waals surface area (Å²) in [5, 5.41) is 0. The molecule has 3 aromatic rings. The monoisotopic (exact) mass is 576 g/mol. The Bertz CT molecular complexity index is 1400. The average Bonchev–Trinajstić information content (AvgIpc) is 3.59. The number of esters is 3. The van der Waals surface area contributed by atoms with Crippen LogP contribution in [0.15, 0.2) is 78.9 Å². The summed E-state index contributed by atoms with van der Waals surface area (Å²) in [6.45, 7) is 0.230. The largest absolute Gasteiger partial charge is 0.497 e. The molecule has 2 fully saturated rings. The lowest BCUT2D eigenvalue weighted by atomic mass is 10.1. The number of carbonyl (C=O) groups excluding carboxylic acids is 3. The van der Waals surface area contributed by atoms with Crippen molar-refractivity contribution in [2.24, 2.45) is 0 Å². The summed E-state index contributed by atoms with van der Waals surface area (Å²) in [5.41, 5.74) is 1.44. The van der Waals surface area contributed by atoms with E-state index in [1.54, 1.807) is 49.6 Å². The van der Waals surface area contributed by atoms with Crippen LogP contribution in [0.1, 0.15) is 33.7 Å². The van der Waals surface area contributed by atoms with Gasteiger partial charge in [0, 0.05) is 6.08 Å². The van der Waals surface area contributed by atoms with Crippen molar-refractivity contribution in [3.8, 4) is 17.2 Å². The summed E-state index contributed by atoms with van der Waals surface area (Å²) < 4.78 is 38.3. The fourth-order valence-corrected chi connectivity index (χ4v) is 4.46. The van der Waals surface area contributed by atoms with Crippen LogP contribution >= 0.6 is 0 Å². The molecule has 220 valence electrons. The molecule has 0 saturated carbocycles. The summed E-state index contributed by atoms with van der Waals surface area (Å²) in [7, 11) is 3.12. The normalized spacial score (nSPS) is 20.7. The lowest BCUT2D eigenvalue weighted by molar-refractivity contribution is -0.147. The van der Waals surface area contributed by atoms with Gasteiger partial charge < -0.3 is 33.2 Å². The van der Waals surface area contributed by atoms with Gasteiger partial charge in [-0.1, -0.05) is 19.6 Å². The van der Waals surface area contributed by atoms with Crippen molar-refractivity contribution >= 4 is 24.0 Å². The molecule has 2 aliphatic rings. The van der Waals surface area contributed by atoms with Gasteiger partial charge in [-0.25, -0.2) is 14.4 Å². The van der Waals surface area contributed by atoms with E-state index in [-0.39, 0.29) is 32.0 Å². The highest BCUT2D eigenvalue weighted by Gasteiger charge is 2.51. The highest BCUT2D eigenvalue weighted by Crippen LogP contribution is 2.31. The minimum absolute atomic E-state index is 0. The number of methoxy groups -OCH3 is 2. The summed E-state index contributed by atoms with van der Waals surface area (Å²) in [6.07, 6.45) is 0.563. The molecule has 10 nitrogen and oxygen atoms in total. The molecule has 10 heteroatoms. The van der Waals surface area contributed by atoms with Crippen molar-refractivity contribution in [3.63, 3.8) is 0 Å². The third kappa shape index (κ3) is 7.15. The zero-order valence-electron chi connectivity index (χ0n) is 22.4. The summed E-state index contributed by atoms with van der Waals surface area (Å²) in [6, 6.07) is 19.8. The van der Waals surface area contributed by atoms with Crippen molar-refractivity contribution in [2.75, 3.05) is 27.4 Å². The zero-order valence-corrected chi connectivity index (χ0v) is 22.4. The van der Waals surface area contributed by atoms with Gasteiger partial charge in [-0.2, -0.15) is 0 Å². The number of carbonyl (C=O) groups is 3. The molecule has 4 atom stereocenters. The Morgan fingerprint density at radius 2 is 1.14 bits per heavy atom. The maximum atomic E-state index is 12.8. The Kier molecular flexibility index (Phi) is 9.95. The van der Waals surface area contributed by atoms with Gasteiger partial charge in [0.2, 0.25) is 0 Å². The molecule has 0 amide bonds. The average molecular weight is 577 g/mol. The second-order valence-corrected chi connectivity index (χ2v) is 9.26. The number of hydrogen-bond donors (Lipinski definition) is 0. The van der Waals surface area contributed by atoms with Gasteiger partial charge in [-0.3, -0.25) is 0 Å². The van der Waals surface area contributed by atoms with Gasteiger partial charge in [-0.15, -0.1) is 0 Å². The van der Waals surface area contributed by atoms with Crippen LogP contribution in [0.25, 0.3) is 6.08 Å². The first-order valence-corrected chi connectivity index (χ1v) is 12.9. The Balaban J connectivity index is 0.00000405. The third-order valence-corrected chi connectivity index (χ3v) is 6.64. The summed E-state index contributed by atoms with van der Waals surface area (Å²) >= 11 is 0. The van der Waals surface area contributed by atoms with E-state index < -0.39 is 42.3 Å². The number of fused-ring (bicyclic) bond motifs is 1. The topological polar surface area (TPSA) is 116 Å². The Hall–Kier alpha value is -4.67. The molecule has 5 rings (SSSR count). The molecule has 0 spiro atoms. The van der Waals surface area contributed by atoms with Crippen LogP contribution in [0.4, 0.5) is 0 Å². The molecule has 3 aromatic carbocycles. The first-order chi connectivity index (χ1) is 19.9. The third-order valence-electron chi connectivity index (χ3n) is 6.64. The smallest absolute Gasteiger partial charge is 0.343 e. The molecule has 2 unspecified atom stereocenters. The minimum Gasteiger partial charge on any atom is -0.497 e. The summed E-state index contributed by atoms with van der Waals surface area (Å²) in [4.78, 5) is 37.5. The van der Waals surface area contributed by atoms with Crippen LogP contribution in [0.3, 0.4) is 0 Å². The first kappa shape index (κ1) is 30.3. The number of hydrogen-bond acceptors (Lipinski definition) is 10. The highest BCUT2D eigenvalue weighted by atomic mass is 16.7. The fourth-order valence-electron chi connectivity index (χ4n) is 4.46.